The van der Waals surface area contributed by atoms with Crippen LogP contribution in [-0.4, -0.2) is 8.42 Å². The van der Waals surface area contributed by atoms with Crippen LogP contribution in [0.1, 0.15) is 18.5 Å². The zero-order chi connectivity index (χ0) is 15.6. The minimum absolute atomic E-state index is 0.00171. The Bertz CT molecular complexity index is 745. The quantitative estimate of drug-likeness (QED) is 0.721. The molecule has 0 heterocycles. The van der Waals surface area contributed by atoms with Gasteiger partial charge in [0.1, 0.15) is 0 Å². The SMILES string of the molecule is CC(Nc1ccc(S(N)(=O)=O)cc1N)c1ccc(Br)cc1. The van der Waals surface area contributed by atoms with Gasteiger partial charge in [0.15, 0.2) is 0 Å². The lowest BCUT2D eigenvalue weighted by molar-refractivity contribution is 0.598. The second-order valence-electron chi connectivity index (χ2n) is 4.71. The molecule has 2 aromatic rings. The van der Waals surface area contributed by atoms with Crippen LogP contribution in [0, 0.1) is 0 Å². The van der Waals surface area contributed by atoms with E-state index in [0.717, 1.165) is 10.0 Å². The van der Waals surface area contributed by atoms with Crippen LogP contribution < -0.4 is 16.2 Å². The molecular formula is C14H16BrN3O2S. The highest BCUT2D eigenvalue weighted by Crippen LogP contribution is 2.27. The fourth-order valence-electron chi connectivity index (χ4n) is 1.92. The third-order valence-corrected chi connectivity index (χ3v) is 4.53. The Hall–Kier alpha value is -1.57. The van der Waals surface area contributed by atoms with Crippen LogP contribution in [0.2, 0.25) is 0 Å². The maximum absolute atomic E-state index is 11.3. The van der Waals surface area contributed by atoms with Crippen LogP contribution in [0.3, 0.4) is 0 Å². The molecule has 0 aliphatic rings. The van der Waals surface area contributed by atoms with Gasteiger partial charge < -0.3 is 11.1 Å². The summed E-state index contributed by atoms with van der Waals surface area (Å²) in [7, 11) is -3.74. The Morgan fingerprint density at radius 2 is 1.76 bits per heavy atom. The maximum atomic E-state index is 11.3. The van der Waals surface area contributed by atoms with Crippen molar-refractivity contribution in [2.45, 2.75) is 17.9 Å². The summed E-state index contributed by atoms with van der Waals surface area (Å²) in [6.07, 6.45) is 0. The van der Waals surface area contributed by atoms with Crippen LogP contribution in [0.5, 0.6) is 0 Å². The molecular weight excluding hydrogens is 354 g/mol. The highest BCUT2D eigenvalue weighted by Gasteiger charge is 2.12. The lowest BCUT2D eigenvalue weighted by Crippen LogP contribution is -2.13. The average Bonchev–Trinajstić information content (AvgIpc) is 2.40. The number of primary sulfonamides is 1. The van der Waals surface area contributed by atoms with E-state index in [1.807, 2.05) is 31.2 Å². The van der Waals surface area contributed by atoms with Gasteiger partial charge in [-0.15, -0.1) is 0 Å². The van der Waals surface area contributed by atoms with Crippen molar-refractivity contribution in [2.75, 3.05) is 11.1 Å². The smallest absolute Gasteiger partial charge is 0.238 e. The highest BCUT2D eigenvalue weighted by atomic mass is 79.9. The van der Waals surface area contributed by atoms with Crippen molar-refractivity contribution in [3.05, 3.63) is 52.5 Å². The molecule has 0 amide bonds. The van der Waals surface area contributed by atoms with Gasteiger partial charge >= 0.3 is 0 Å². The van der Waals surface area contributed by atoms with E-state index >= 15 is 0 Å². The van der Waals surface area contributed by atoms with Gasteiger partial charge in [-0.1, -0.05) is 28.1 Å². The molecule has 7 heteroatoms. The molecule has 0 aliphatic carbocycles. The Morgan fingerprint density at radius 3 is 2.29 bits per heavy atom. The molecule has 112 valence electrons. The zero-order valence-corrected chi connectivity index (χ0v) is 13.8. The predicted molar refractivity (Wildman–Crippen MR) is 88.4 cm³/mol. The number of hydrogen-bond acceptors (Lipinski definition) is 4. The van der Waals surface area contributed by atoms with E-state index in [-0.39, 0.29) is 10.9 Å². The molecule has 0 bridgehead atoms. The van der Waals surface area contributed by atoms with Gasteiger partial charge in [-0.2, -0.15) is 0 Å². The van der Waals surface area contributed by atoms with Crippen molar-refractivity contribution in [3.63, 3.8) is 0 Å². The predicted octanol–water partition coefficient (Wildman–Crippen LogP) is 2.85. The number of halogens is 1. The number of benzene rings is 2. The van der Waals surface area contributed by atoms with Gasteiger partial charge in [-0.05, 0) is 42.8 Å². The Balaban J connectivity index is 2.22. The summed E-state index contributed by atoms with van der Waals surface area (Å²) < 4.78 is 23.5. The third-order valence-electron chi connectivity index (χ3n) is 3.09. The van der Waals surface area contributed by atoms with Crippen LogP contribution in [-0.2, 0) is 10.0 Å². The van der Waals surface area contributed by atoms with Crippen LogP contribution in [0.4, 0.5) is 11.4 Å². The molecule has 0 saturated heterocycles. The molecule has 0 saturated carbocycles. The maximum Gasteiger partial charge on any atom is 0.238 e. The van der Waals surface area contributed by atoms with Crippen molar-refractivity contribution < 1.29 is 8.42 Å². The first-order valence-corrected chi connectivity index (χ1v) is 8.55. The van der Waals surface area contributed by atoms with Crippen LogP contribution >= 0.6 is 15.9 Å². The Kier molecular flexibility index (Phi) is 4.55. The topological polar surface area (TPSA) is 98.2 Å². The first-order valence-electron chi connectivity index (χ1n) is 6.21. The summed E-state index contributed by atoms with van der Waals surface area (Å²) in [4.78, 5) is 0.00171. The number of nitrogens with one attached hydrogen (secondary N) is 1. The van der Waals surface area contributed by atoms with E-state index in [9.17, 15) is 8.42 Å². The van der Waals surface area contributed by atoms with Gasteiger partial charge in [0.25, 0.3) is 0 Å². The highest BCUT2D eigenvalue weighted by molar-refractivity contribution is 9.10. The monoisotopic (exact) mass is 369 g/mol. The lowest BCUT2D eigenvalue weighted by Gasteiger charge is -2.17. The van der Waals surface area contributed by atoms with E-state index in [2.05, 4.69) is 21.2 Å². The van der Waals surface area contributed by atoms with E-state index in [4.69, 9.17) is 10.9 Å². The minimum atomic E-state index is -3.74. The molecule has 2 rings (SSSR count). The first-order chi connectivity index (χ1) is 9.77. The molecule has 1 atom stereocenters. The van der Waals surface area contributed by atoms with Crippen LogP contribution in [0.15, 0.2) is 51.8 Å². The second kappa shape index (κ2) is 6.05. The summed E-state index contributed by atoms with van der Waals surface area (Å²) in [5.74, 6) is 0. The summed E-state index contributed by atoms with van der Waals surface area (Å²) in [6, 6.07) is 12.3. The van der Waals surface area contributed by atoms with Crippen molar-refractivity contribution in [1.29, 1.82) is 0 Å². The van der Waals surface area contributed by atoms with Gasteiger partial charge in [-0.3, -0.25) is 0 Å². The molecule has 2 aromatic carbocycles. The Labute approximate surface area is 132 Å². The van der Waals surface area contributed by atoms with Crippen molar-refractivity contribution in [1.82, 2.24) is 0 Å². The molecule has 0 radical (unpaired) electrons. The second-order valence-corrected chi connectivity index (χ2v) is 7.19. The molecule has 0 spiro atoms. The average molecular weight is 370 g/mol. The van der Waals surface area contributed by atoms with Gasteiger partial charge in [0, 0.05) is 10.5 Å². The molecule has 0 fully saturated rings. The molecule has 1 unspecified atom stereocenters. The first kappa shape index (κ1) is 15.8. The molecule has 5 N–H and O–H groups in total. The lowest BCUT2D eigenvalue weighted by atomic mass is 10.1. The molecule has 0 aromatic heterocycles. The molecule has 5 nitrogen and oxygen atoms in total. The molecule has 21 heavy (non-hydrogen) atoms. The van der Waals surface area contributed by atoms with Crippen molar-refractivity contribution in [3.8, 4) is 0 Å². The van der Waals surface area contributed by atoms with Crippen molar-refractivity contribution in [2.24, 2.45) is 5.14 Å². The number of anilines is 2. The van der Waals surface area contributed by atoms with E-state index in [1.165, 1.54) is 12.1 Å². The number of rotatable bonds is 4. The summed E-state index contributed by atoms with van der Waals surface area (Å²) in [6.45, 7) is 2.00. The number of nitrogens with two attached hydrogens (primary N) is 2. The largest absolute Gasteiger partial charge is 0.397 e. The summed E-state index contributed by atoms with van der Waals surface area (Å²) in [5, 5.41) is 8.32. The number of nitrogen functional groups attached to an aromatic ring is 1. The van der Waals surface area contributed by atoms with Gasteiger partial charge in [0.05, 0.1) is 16.3 Å². The number of sulfonamides is 1. The minimum Gasteiger partial charge on any atom is -0.397 e. The number of hydrogen-bond donors (Lipinski definition) is 3. The van der Waals surface area contributed by atoms with Crippen molar-refractivity contribution >= 4 is 37.3 Å². The fraction of sp³-hybridized carbons (Fsp3) is 0.143. The standard InChI is InChI=1S/C14H16BrN3O2S/c1-9(10-2-4-11(15)5-3-10)18-14-7-6-12(8-13(14)16)21(17,19)20/h2-9,18H,16H2,1H3,(H2,17,19,20). The summed E-state index contributed by atoms with van der Waals surface area (Å²) in [5.41, 5.74) is 7.97. The van der Waals surface area contributed by atoms with Crippen LogP contribution in [0.25, 0.3) is 0 Å². The fourth-order valence-corrected chi connectivity index (χ4v) is 2.73. The van der Waals surface area contributed by atoms with Gasteiger partial charge in [-0.25, -0.2) is 13.6 Å². The summed E-state index contributed by atoms with van der Waals surface area (Å²) >= 11 is 3.39. The zero-order valence-electron chi connectivity index (χ0n) is 11.4. The van der Waals surface area contributed by atoms with E-state index in [0.29, 0.717) is 11.4 Å². The Morgan fingerprint density at radius 1 is 1.14 bits per heavy atom. The molecule has 0 aliphatic heterocycles. The van der Waals surface area contributed by atoms with E-state index in [1.54, 1.807) is 6.07 Å². The van der Waals surface area contributed by atoms with Gasteiger partial charge in [0.2, 0.25) is 10.0 Å². The normalized spacial score (nSPS) is 12.9. The van der Waals surface area contributed by atoms with E-state index < -0.39 is 10.0 Å². The third kappa shape index (κ3) is 3.96.